The van der Waals surface area contributed by atoms with Gasteiger partial charge in [0, 0.05) is 38.8 Å². The predicted octanol–water partition coefficient (Wildman–Crippen LogP) is 1.81. The normalized spacial score (nSPS) is 19.2. The summed E-state index contributed by atoms with van der Waals surface area (Å²) in [7, 11) is 2.18. The van der Waals surface area contributed by atoms with Crippen molar-refractivity contribution in [2.75, 3.05) is 45.1 Å². The summed E-state index contributed by atoms with van der Waals surface area (Å²) in [5, 5.41) is 3.79. The zero-order valence-electron chi connectivity index (χ0n) is 12.5. The van der Waals surface area contributed by atoms with Gasteiger partial charge in [0.1, 0.15) is 11.0 Å². The van der Waals surface area contributed by atoms with Crippen molar-refractivity contribution in [1.29, 1.82) is 0 Å². The van der Waals surface area contributed by atoms with Crippen LogP contribution in [0.4, 0.5) is 5.82 Å². The van der Waals surface area contributed by atoms with E-state index in [4.69, 9.17) is 11.6 Å². The fraction of sp³-hybridized carbons (Fsp3) is 0.714. The Bertz CT molecular complexity index is 418. The third kappa shape index (κ3) is 4.30. The molecule has 1 fully saturated rings. The van der Waals surface area contributed by atoms with Gasteiger partial charge in [0.05, 0.1) is 12.4 Å². The van der Waals surface area contributed by atoms with E-state index in [9.17, 15) is 0 Å². The van der Waals surface area contributed by atoms with Gasteiger partial charge in [-0.1, -0.05) is 25.4 Å². The van der Waals surface area contributed by atoms with Crippen LogP contribution < -0.4 is 5.32 Å². The van der Waals surface area contributed by atoms with Gasteiger partial charge in [0.2, 0.25) is 0 Å². The van der Waals surface area contributed by atoms with Crippen molar-refractivity contribution in [3.05, 3.63) is 17.5 Å². The summed E-state index contributed by atoms with van der Waals surface area (Å²) in [4.78, 5) is 13.2. The first-order valence-corrected chi connectivity index (χ1v) is 7.58. The molecule has 0 amide bonds. The van der Waals surface area contributed by atoms with Crippen molar-refractivity contribution in [2.45, 2.75) is 19.9 Å². The van der Waals surface area contributed by atoms with Crippen LogP contribution in [0.15, 0.2) is 12.4 Å². The molecule has 112 valence electrons. The summed E-state index contributed by atoms with van der Waals surface area (Å²) < 4.78 is 0. The molecule has 1 atom stereocenters. The first-order valence-electron chi connectivity index (χ1n) is 7.20. The molecule has 1 aliphatic heterocycles. The van der Waals surface area contributed by atoms with E-state index in [1.807, 2.05) is 0 Å². The zero-order valence-corrected chi connectivity index (χ0v) is 13.3. The summed E-state index contributed by atoms with van der Waals surface area (Å²) in [6.07, 6.45) is 3.26. The number of hydrogen-bond donors (Lipinski definition) is 1. The van der Waals surface area contributed by atoms with Crippen LogP contribution in [0.25, 0.3) is 0 Å². The topological polar surface area (TPSA) is 44.3 Å². The van der Waals surface area contributed by atoms with Gasteiger partial charge in [-0.15, -0.1) is 0 Å². The van der Waals surface area contributed by atoms with Gasteiger partial charge in [0.25, 0.3) is 0 Å². The third-order valence-corrected chi connectivity index (χ3v) is 4.06. The van der Waals surface area contributed by atoms with Crippen LogP contribution in [0.5, 0.6) is 0 Å². The van der Waals surface area contributed by atoms with Gasteiger partial charge in [-0.05, 0) is 13.0 Å². The Morgan fingerprint density at radius 2 is 1.95 bits per heavy atom. The molecule has 0 aromatic carbocycles. The summed E-state index contributed by atoms with van der Waals surface area (Å²) in [6.45, 7) is 9.95. The monoisotopic (exact) mass is 297 g/mol. The molecule has 1 unspecified atom stereocenters. The van der Waals surface area contributed by atoms with Crippen molar-refractivity contribution in [3.63, 3.8) is 0 Å². The van der Waals surface area contributed by atoms with Crippen LogP contribution in [0, 0.1) is 5.92 Å². The van der Waals surface area contributed by atoms with E-state index in [1.165, 1.54) is 0 Å². The van der Waals surface area contributed by atoms with Gasteiger partial charge in [-0.2, -0.15) is 0 Å². The van der Waals surface area contributed by atoms with E-state index >= 15 is 0 Å². The number of nitrogens with one attached hydrogen (secondary N) is 1. The molecule has 1 aliphatic rings. The molecule has 6 heteroatoms. The molecule has 1 aromatic heterocycles. The minimum Gasteiger partial charge on any atom is -0.367 e. The highest BCUT2D eigenvalue weighted by Gasteiger charge is 2.24. The molecule has 1 aromatic rings. The number of rotatable bonds is 5. The number of likely N-dealkylation sites (N-methyl/N-ethyl adjacent to an activating group) is 1. The van der Waals surface area contributed by atoms with Crippen molar-refractivity contribution in [3.8, 4) is 0 Å². The fourth-order valence-electron chi connectivity index (χ4n) is 2.58. The summed E-state index contributed by atoms with van der Waals surface area (Å²) >= 11 is 5.86. The van der Waals surface area contributed by atoms with Gasteiger partial charge in [-0.25, -0.2) is 4.98 Å². The highest BCUT2D eigenvalue weighted by Crippen LogP contribution is 2.15. The number of anilines is 1. The summed E-state index contributed by atoms with van der Waals surface area (Å²) in [5.41, 5.74) is 0. The number of piperazine rings is 1. The lowest BCUT2D eigenvalue weighted by molar-refractivity contribution is 0.0944. The summed E-state index contributed by atoms with van der Waals surface area (Å²) in [5.74, 6) is 1.34. The maximum Gasteiger partial charge on any atom is 0.149 e. The fourth-order valence-corrected chi connectivity index (χ4v) is 2.72. The molecule has 0 bridgehead atoms. The van der Waals surface area contributed by atoms with Crippen LogP contribution in [-0.2, 0) is 0 Å². The Morgan fingerprint density at radius 3 is 2.55 bits per heavy atom. The molecule has 1 N–H and O–H groups in total. The predicted molar refractivity (Wildman–Crippen MR) is 83.2 cm³/mol. The van der Waals surface area contributed by atoms with Crippen LogP contribution in [0.1, 0.15) is 13.8 Å². The smallest absolute Gasteiger partial charge is 0.149 e. The summed E-state index contributed by atoms with van der Waals surface area (Å²) in [6, 6.07) is 0.504. The standard InChI is InChI=1S/C14H24ClN5/c1-11(2)12(20-6-4-19(3)5-7-20)8-17-14-10-16-9-13(15)18-14/h9-12H,4-8H2,1-3H3,(H,17,18). The molecular formula is C14H24ClN5. The maximum absolute atomic E-state index is 5.86. The number of halogens is 1. The van der Waals surface area contributed by atoms with Crippen LogP contribution >= 0.6 is 11.6 Å². The van der Waals surface area contributed by atoms with E-state index in [2.05, 4.69) is 46.0 Å². The van der Waals surface area contributed by atoms with E-state index in [1.54, 1.807) is 12.4 Å². The van der Waals surface area contributed by atoms with E-state index < -0.39 is 0 Å². The Balaban J connectivity index is 1.92. The zero-order chi connectivity index (χ0) is 14.5. The highest BCUT2D eigenvalue weighted by atomic mass is 35.5. The Kier molecular flexibility index (Phi) is 5.57. The minimum atomic E-state index is 0.427. The van der Waals surface area contributed by atoms with Crippen molar-refractivity contribution in [1.82, 2.24) is 19.8 Å². The molecule has 2 heterocycles. The van der Waals surface area contributed by atoms with Crippen molar-refractivity contribution < 1.29 is 0 Å². The number of aromatic nitrogens is 2. The van der Waals surface area contributed by atoms with E-state index in [0.717, 1.165) is 38.5 Å². The molecule has 20 heavy (non-hydrogen) atoms. The molecule has 2 rings (SSSR count). The quantitative estimate of drug-likeness (QED) is 0.898. The van der Waals surface area contributed by atoms with Crippen LogP contribution in [0.3, 0.4) is 0 Å². The lowest BCUT2D eigenvalue weighted by Crippen LogP contribution is -2.52. The molecular weight excluding hydrogens is 274 g/mol. The Labute approximate surface area is 126 Å². The molecule has 0 spiro atoms. The largest absolute Gasteiger partial charge is 0.367 e. The van der Waals surface area contributed by atoms with Gasteiger partial charge >= 0.3 is 0 Å². The van der Waals surface area contributed by atoms with Gasteiger partial charge < -0.3 is 10.2 Å². The van der Waals surface area contributed by atoms with Gasteiger partial charge in [-0.3, -0.25) is 9.88 Å². The average molecular weight is 298 g/mol. The van der Waals surface area contributed by atoms with Crippen LogP contribution in [-0.4, -0.2) is 65.6 Å². The van der Waals surface area contributed by atoms with Crippen molar-refractivity contribution in [2.24, 2.45) is 5.92 Å². The second-order valence-corrected chi connectivity index (χ2v) is 6.15. The molecule has 0 radical (unpaired) electrons. The van der Waals surface area contributed by atoms with Crippen LogP contribution in [0.2, 0.25) is 5.15 Å². The first kappa shape index (κ1) is 15.5. The Hall–Kier alpha value is -0.910. The lowest BCUT2D eigenvalue weighted by atomic mass is 10.0. The average Bonchev–Trinajstić information content (AvgIpc) is 2.41. The SMILES string of the molecule is CC(C)C(CNc1cncc(Cl)n1)N1CCN(C)CC1. The highest BCUT2D eigenvalue weighted by molar-refractivity contribution is 6.29. The van der Waals surface area contributed by atoms with Crippen molar-refractivity contribution >= 4 is 17.4 Å². The molecule has 0 saturated carbocycles. The second kappa shape index (κ2) is 7.20. The second-order valence-electron chi connectivity index (χ2n) is 5.76. The lowest BCUT2D eigenvalue weighted by Gasteiger charge is -2.40. The number of hydrogen-bond acceptors (Lipinski definition) is 5. The van der Waals surface area contributed by atoms with E-state index in [0.29, 0.717) is 17.1 Å². The molecule has 1 saturated heterocycles. The maximum atomic E-state index is 5.86. The number of nitrogens with zero attached hydrogens (tertiary/aromatic N) is 4. The molecule has 5 nitrogen and oxygen atoms in total. The minimum absolute atomic E-state index is 0.427. The Morgan fingerprint density at radius 1 is 1.25 bits per heavy atom. The molecule has 0 aliphatic carbocycles. The van der Waals surface area contributed by atoms with Gasteiger partial charge in [0.15, 0.2) is 0 Å². The third-order valence-electron chi connectivity index (χ3n) is 3.87. The first-order chi connectivity index (χ1) is 9.56. The van der Waals surface area contributed by atoms with E-state index in [-0.39, 0.29) is 0 Å².